The van der Waals surface area contributed by atoms with Crippen molar-refractivity contribution in [1.29, 1.82) is 0 Å². The molecule has 13 heteroatoms. The summed E-state index contributed by atoms with van der Waals surface area (Å²) in [6.07, 6.45) is 1.28. The Labute approximate surface area is 229 Å². The van der Waals surface area contributed by atoms with E-state index in [9.17, 15) is 29.4 Å². The van der Waals surface area contributed by atoms with E-state index < -0.39 is 47.9 Å². The van der Waals surface area contributed by atoms with Crippen LogP contribution in [0.4, 0.5) is 0 Å². The van der Waals surface area contributed by atoms with Crippen molar-refractivity contribution in [3.63, 3.8) is 0 Å². The summed E-state index contributed by atoms with van der Waals surface area (Å²) in [5.41, 5.74) is 17.3. The molecule has 0 spiro atoms. The maximum Gasteiger partial charge on any atom is 0.326 e. The maximum atomic E-state index is 13.4. The first-order chi connectivity index (χ1) is 18.3. The minimum atomic E-state index is -1.18. The molecule has 218 valence electrons. The number of carbonyl (C=O) groups is 4. The Morgan fingerprint density at radius 1 is 0.923 bits per heavy atom. The van der Waals surface area contributed by atoms with E-state index in [1.807, 2.05) is 6.92 Å². The molecule has 39 heavy (non-hydrogen) atoms. The number of hydrogen-bond donors (Lipinski definition) is 8. The number of aliphatic carboxylic acids is 1. The zero-order valence-electron chi connectivity index (χ0n) is 23.0. The van der Waals surface area contributed by atoms with E-state index in [0.717, 1.165) is 0 Å². The van der Waals surface area contributed by atoms with Gasteiger partial charge in [-0.25, -0.2) is 4.79 Å². The van der Waals surface area contributed by atoms with Gasteiger partial charge in [-0.3, -0.25) is 19.4 Å². The van der Waals surface area contributed by atoms with Gasteiger partial charge >= 0.3 is 5.97 Å². The number of hydrogen-bond acceptors (Lipinski definition) is 7. The molecule has 0 radical (unpaired) electrons. The van der Waals surface area contributed by atoms with Gasteiger partial charge in [-0.15, -0.1) is 0 Å². The summed E-state index contributed by atoms with van der Waals surface area (Å²) in [7, 11) is 0. The standard InChI is InChI=1S/C26H43N7O6/c1-5-15(4)21(24(37)32-20(14(2)3)25(38)39)33-23(36)19(13-16-8-10-17(34)11-9-16)31-22(35)18(27)7-6-12-30-26(28)29/h8-11,14-15,18-21,34H,5-7,12-13,27H2,1-4H3,(H,31,35)(H,32,37)(H,33,36)(H,38,39)(H4,28,29,30). The predicted molar refractivity (Wildman–Crippen MR) is 147 cm³/mol. The lowest BCUT2D eigenvalue weighted by Crippen LogP contribution is -2.59. The molecule has 0 aliphatic carbocycles. The first-order valence-electron chi connectivity index (χ1n) is 13.0. The van der Waals surface area contributed by atoms with Crippen LogP contribution < -0.4 is 33.2 Å². The van der Waals surface area contributed by atoms with Crippen LogP contribution in [0, 0.1) is 11.8 Å². The second-order valence-corrected chi connectivity index (χ2v) is 9.93. The summed E-state index contributed by atoms with van der Waals surface area (Å²) in [6, 6.07) is 1.90. The Bertz CT molecular complexity index is 995. The van der Waals surface area contributed by atoms with Crippen molar-refractivity contribution in [3.8, 4) is 5.75 Å². The topological polar surface area (TPSA) is 235 Å². The van der Waals surface area contributed by atoms with Crippen LogP contribution in [0.1, 0.15) is 52.5 Å². The highest BCUT2D eigenvalue weighted by atomic mass is 16.4. The number of nitrogens with zero attached hydrogens (tertiary/aromatic N) is 1. The van der Waals surface area contributed by atoms with Gasteiger partial charge in [-0.2, -0.15) is 0 Å². The van der Waals surface area contributed by atoms with Crippen molar-refractivity contribution >= 4 is 29.7 Å². The third-order valence-corrected chi connectivity index (χ3v) is 6.34. The SMILES string of the molecule is CCC(C)C(NC(=O)C(Cc1ccc(O)cc1)NC(=O)C(N)CCCN=C(N)N)C(=O)NC(C(=O)O)C(C)C. The molecule has 0 fully saturated rings. The molecular weight excluding hydrogens is 506 g/mol. The number of nitrogens with two attached hydrogens (primary N) is 3. The number of phenolic OH excluding ortho intramolecular Hbond substituents is 1. The van der Waals surface area contributed by atoms with Gasteiger partial charge in [0.2, 0.25) is 17.7 Å². The van der Waals surface area contributed by atoms with Gasteiger partial charge in [0.05, 0.1) is 6.04 Å². The molecule has 11 N–H and O–H groups in total. The third-order valence-electron chi connectivity index (χ3n) is 6.34. The second kappa shape index (κ2) is 16.2. The van der Waals surface area contributed by atoms with Crippen molar-refractivity contribution in [1.82, 2.24) is 16.0 Å². The number of rotatable bonds is 16. The van der Waals surface area contributed by atoms with Crippen LogP contribution in [0.25, 0.3) is 0 Å². The lowest BCUT2D eigenvalue weighted by molar-refractivity contribution is -0.144. The van der Waals surface area contributed by atoms with Gasteiger partial charge in [0, 0.05) is 13.0 Å². The van der Waals surface area contributed by atoms with E-state index in [-0.39, 0.29) is 36.4 Å². The van der Waals surface area contributed by atoms with Crippen LogP contribution in [0.5, 0.6) is 5.75 Å². The van der Waals surface area contributed by atoms with Crippen LogP contribution >= 0.6 is 0 Å². The molecule has 13 nitrogen and oxygen atoms in total. The van der Waals surface area contributed by atoms with Crippen molar-refractivity contribution in [2.24, 2.45) is 34.0 Å². The zero-order valence-corrected chi connectivity index (χ0v) is 23.0. The van der Waals surface area contributed by atoms with Crippen molar-refractivity contribution < 1.29 is 29.4 Å². The fourth-order valence-electron chi connectivity index (χ4n) is 3.72. The predicted octanol–water partition coefficient (Wildman–Crippen LogP) is -0.443. The quantitative estimate of drug-likeness (QED) is 0.0756. The molecule has 0 aromatic heterocycles. The highest BCUT2D eigenvalue weighted by Gasteiger charge is 2.33. The highest BCUT2D eigenvalue weighted by Crippen LogP contribution is 2.14. The monoisotopic (exact) mass is 549 g/mol. The van der Waals surface area contributed by atoms with Gasteiger partial charge in [-0.05, 0) is 42.4 Å². The van der Waals surface area contributed by atoms with E-state index in [1.54, 1.807) is 32.9 Å². The normalized spacial score (nSPS) is 14.8. The Hall–Kier alpha value is -3.87. The molecule has 0 saturated heterocycles. The molecule has 0 saturated carbocycles. The summed E-state index contributed by atoms with van der Waals surface area (Å²) >= 11 is 0. The Kier molecular flexibility index (Phi) is 13.7. The molecule has 1 rings (SSSR count). The average Bonchev–Trinajstić information content (AvgIpc) is 2.87. The van der Waals surface area contributed by atoms with E-state index >= 15 is 0 Å². The third kappa shape index (κ3) is 11.6. The summed E-state index contributed by atoms with van der Waals surface area (Å²) in [6.45, 7) is 7.22. The van der Waals surface area contributed by atoms with E-state index in [2.05, 4.69) is 20.9 Å². The summed E-state index contributed by atoms with van der Waals surface area (Å²) < 4.78 is 0. The number of aromatic hydroxyl groups is 1. The molecule has 3 amide bonds. The van der Waals surface area contributed by atoms with Crippen LogP contribution in [0.3, 0.4) is 0 Å². The number of carboxylic acids is 1. The Balaban J connectivity index is 3.12. The first kappa shape index (κ1) is 33.2. The number of amides is 3. The molecule has 0 aliphatic rings. The van der Waals surface area contributed by atoms with Crippen LogP contribution in [-0.4, -0.2) is 70.6 Å². The number of benzene rings is 1. The fourth-order valence-corrected chi connectivity index (χ4v) is 3.72. The van der Waals surface area contributed by atoms with Crippen molar-refractivity contribution in [3.05, 3.63) is 29.8 Å². The molecule has 0 aliphatic heterocycles. The summed E-state index contributed by atoms with van der Waals surface area (Å²) in [5.74, 6) is -3.77. The van der Waals surface area contributed by atoms with Crippen molar-refractivity contribution in [2.75, 3.05) is 6.54 Å². The maximum absolute atomic E-state index is 13.4. The van der Waals surface area contributed by atoms with Crippen LogP contribution in [0.15, 0.2) is 29.3 Å². The number of guanidine groups is 1. The minimum absolute atomic E-state index is 0.0400. The second-order valence-electron chi connectivity index (χ2n) is 9.93. The van der Waals surface area contributed by atoms with Gasteiger partial charge in [-0.1, -0.05) is 46.2 Å². The number of nitrogens with one attached hydrogen (secondary N) is 3. The van der Waals surface area contributed by atoms with Gasteiger partial charge in [0.15, 0.2) is 5.96 Å². The first-order valence-corrected chi connectivity index (χ1v) is 13.0. The number of carboxylic acid groups (broad SMARTS) is 1. The highest BCUT2D eigenvalue weighted by molar-refractivity contribution is 5.94. The zero-order chi connectivity index (χ0) is 29.7. The fraction of sp³-hybridized carbons (Fsp3) is 0.577. The van der Waals surface area contributed by atoms with Gasteiger partial charge < -0.3 is 43.4 Å². The molecule has 5 atom stereocenters. The summed E-state index contributed by atoms with van der Waals surface area (Å²) in [5, 5.41) is 26.9. The summed E-state index contributed by atoms with van der Waals surface area (Å²) in [4.78, 5) is 54.8. The molecular formula is C26H43N7O6. The number of phenols is 1. The van der Waals surface area contributed by atoms with E-state index in [1.165, 1.54) is 12.1 Å². The largest absolute Gasteiger partial charge is 0.508 e. The molecule has 0 heterocycles. The minimum Gasteiger partial charge on any atom is -0.508 e. The van der Waals surface area contributed by atoms with Crippen LogP contribution in [0.2, 0.25) is 0 Å². The van der Waals surface area contributed by atoms with E-state index in [4.69, 9.17) is 17.2 Å². The number of aliphatic imine (C=N–C) groups is 1. The van der Waals surface area contributed by atoms with Crippen molar-refractivity contribution in [2.45, 2.75) is 77.5 Å². The lowest BCUT2D eigenvalue weighted by atomic mass is 9.95. The Morgan fingerprint density at radius 2 is 1.51 bits per heavy atom. The molecule has 0 bridgehead atoms. The van der Waals surface area contributed by atoms with Gasteiger partial charge in [0.1, 0.15) is 23.9 Å². The Morgan fingerprint density at radius 3 is 2.03 bits per heavy atom. The lowest BCUT2D eigenvalue weighted by Gasteiger charge is -2.29. The average molecular weight is 550 g/mol. The molecule has 5 unspecified atom stereocenters. The van der Waals surface area contributed by atoms with Gasteiger partial charge in [0.25, 0.3) is 0 Å². The van der Waals surface area contributed by atoms with Crippen LogP contribution in [-0.2, 0) is 25.6 Å². The van der Waals surface area contributed by atoms with E-state index in [0.29, 0.717) is 24.9 Å². The molecule has 1 aromatic rings. The molecule has 1 aromatic carbocycles. The number of carbonyl (C=O) groups excluding carboxylic acids is 3. The smallest absolute Gasteiger partial charge is 0.326 e.